The van der Waals surface area contributed by atoms with Crippen molar-refractivity contribution in [2.45, 2.75) is 63.2 Å². The van der Waals surface area contributed by atoms with Gasteiger partial charge in [0.05, 0.1) is 38.5 Å². The lowest BCUT2D eigenvalue weighted by Gasteiger charge is -2.24. The molecule has 4 aromatic rings. The Labute approximate surface area is 313 Å². The van der Waals surface area contributed by atoms with Crippen LogP contribution >= 0.6 is 23.2 Å². The molecule has 0 aromatic heterocycles. The molecule has 1 N–H and O–H groups in total. The Hall–Kier alpha value is -3.42. The van der Waals surface area contributed by atoms with E-state index in [1.807, 2.05) is 0 Å². The summed E-state index contributed by atoms with van der Waals surface area (Å²) in [4.78, 5) is 2.40. The third-order valence-electron chi connectivity index (χ3n) is 11.4. The molecule has 0 spiro atoms. The van der Waals surface area contributed by atoms with Crippen molar-refractivity contribution in [3.05, 3.63) is 114 Å². The average molecular weight is 730 g/mol. The first-order valence-corrected chi connectivity index (χ1v) is 19.1. The number of benzene rings is 4. The summed E-state index contributed by atoms with van der Waals surface area (Å²) in [5.41, 5.74) is 13.7. The summed E-state index contributed by atoms with van der Waals surface area (Å²) < 4.78 is 22.2. The fraction of sp³-hybridized carbons (Fsp3) is 0.442. The van der Waals surface area contributed by atoms with Crippen LogP contribution in [0.3, 0.4) is 0 Å². The lowest BCUT2D eigenvalue weighted by atomic mass is 9.86. The van der Waals surface area contributed by atoms with Gasteiger partial charge in [-0.25, -0.2) is 0 Å². The fourth-order valence-electron chi connectivity index (χ4n) is 8.72. The minimum Gasteiger partial charge on any atom is -0.493 e. The molecule has 0 saturated heterocycles. The van der Waals surface area contributed by atoms with Crippen molar-refractivity contribution in [2.24, 2.45) is 0 Å². The number of fused-ring (bicyclic) bond motifs is 4. The normalized spacial score (nSPS) is 19.4. The van der Waals surface area contributed by atoms with E-state index in [1.54, 1.807) is 28.4 Å². The molecule has 2 aliphatic carbocycles. The zero-order valence-corrected chi connectivity index (χ0v) is 32.1. The predicted octanol–water partition coefficient (Wildman–Crippen LogP) is 8.59. The van der Waals surface area contributed by atoms with Crippen LogP contribution in [0.2, 0.25) is 10.0 Å². The lowest BCUT2D eigenvalue weighted by molar-refractivity contribution is 0.338. The number of hydrogen-bond acceptors (Lipinski definition) is 6. The maximum absolute atomic E-state index is 6.75. The van der Waals surface area contributed by atoms with E-state index in [1.165, 1.54) is 94.2 Å². The number of likely N-dealkylation sites (N-methyl/N-ethyl adjacent to an activating group) is 1. The molecular weight excluding hydrogens is 679 g/mol. The third-order valence-corrected chi connectivity index (χ3v) is 12.2. The Morgan fingerprint density at radius 3 is 1.67 bits per heavy atom. The maximum atomic E-state index is 6.75. The molecule has 0 fully saturated rings. The highest BCUT2D eigenvalue weighted by atomic mass is 35.5. The van der Waals surface area contributed by atoms with Gasteiger partial charge in [0.15, 0.2) is 23.0 Å². The van der Waals surface area contributed by atoms with Crippen LogP contribution in [0, 0.1) is 0 Å². The topological polar surface area (TPSA) is 52.2 Å². The summed E-state index contributed by atoms with van der Waals surface area (Å²) in [6, 6.07) is 18.3. The van der Waals surface area contributed by atoms with E-state index in [2.05, 4.69) is 65.8 Å². The zero-order valence-electron chi connectivity index (χ0n) is 30.6. The summed E-state index contributed by atoms with van der Waals surface area (Å²) in [6.45, 7) is 3.81. The van der Waals surface area contributed by atoms with Crippen LogP contribution in [0.1, 0.15) is 80.3 Å². The van der Waals surface area contributed by atoms with Crippen molar-refractivity contribution >= 4 is 23.2 Å². The van der Waals surface area contributed by atoms with Gasteiger partial charge in [0, 0.05) is 31.5 Å². The second kappa shape index (κ2) is 15.7. The van der Waals surface area contributed by atoms with Crippen LogP contribution in [0.5, 0.6) is 23.0 Å². The van der Waals surface area contributed by atoms with Crippen LogP contribution in [-0.4, -0.2) is 66.6 Å². The Balaban J connectivity index is 0.000000159. The van der Waals surface area contributed by atoms with E-state index in [0.29, 0.717) is 39.0 Å². The molecule has 0 radical (unpaired) electrons. The predicted molar refractivity (Wildman–Crippen MR) is 208 cm³/mol. The van der Waals surface area contributed by atoms with E-state index in [-0.39, 0.29) is 5.92 Å². The molecule has 8 rings (SSSR count). The standard InChI is InChI=1S/C22H26ClNO2.C21H24ClNO2/c1-24-10-9-17-18(12-20(25-2)22(26-3)21(17)23)19(13-24)16-8-7-14-5-4-6-15(14)11-16;1-24-19-11-17-16(20(22)21(19)25-2)8-9-23-12-18(17)15-7-6-13-4-3-5-14(13)10-15/h7-8,11-12,19H,4-6,9-10,13H2,1-3H3;6-7,10-11,18,23H,3-5,8-9,12H2,1-2H3. The summed E-state index contributed by atoms with van der Waals surface area (Å²) in [7, 11) is 8.82. The van der Waals surface area contributed by atoms with Gasteiger partial charge >= 0.3 is 0 Å². The lowest BCUT2D eigenvalue weighted by Crippen LogP contribution is -2.24. The van der Waals surface area contributed by atoms with Gasteiger partial charge in [0.1, 0.15) is 0 Å². The van der Waals surface area contributed by atoms with Gasteiger partial charge in [-0.05, 0) is 133 Å². The minimum absolute atomic E-state index is 0.278. The molecule has 6 nitrogen and oxygen atoms in total. The molecule has 2 atom stereocenters. The first-order valence-electron chi connectivity index (χ1n) is 18.3. The Kier molecular flexibility index (Phi) is 11.1. The number of nitrogens with zero attached hydrogens (tertiary/aromatic N) is 1. The number of nitrogens with one attached hydrogen (secondary N) is 1. The van der Waals surface area contributed by atoms with Gasteiger partial charge < -0.3 is 29.2 Å². The molecule has 8 heteroatoms. The molecule has 51 heavy (non-hydrogen) atoms. The number of aryl methyl sites for hydroxylation is 4. The number of hydrogen-bond donors (Lipinski definition) is 1. The Morgan fingerprint density at radius 2 is 1.12 bits per heavy atom. The van der Waals surface area contributed by atoms with Crippen molar-refractivity contribution in [3.8, 4) is 23.0 Å². The molecule has 2 heterocycles. The number of ether oxygens (including phenoxy) is 4. The molecule has 0 bridgehead atoms. The van der Waals surface area contributed by atoms with Crippen molar-refractivity contribution < 1.29 is 18.9 Å². The SMILES string of the molecule is COc1cc2c(c(Cl)c1OC)CCN(C)CC2c1ccc2c(c1)CCC2.COc1cc2c(c(Cl)c1OC)CCNCC2c1ccc2c(c1)CCC2. The second-order valence-electron chi connectivity index (χ2n) is 14.3. The van der Waals surface area contributed by atoms with E-state index in [0.717, 1.165) is 39.0 Å². The van der Waals surface area contributed by atoms with E-state index >= 15 is 0 Å². The van der Waals surface area contributed by atoms with Gasteiger partial charge in [-0.3, -0.25) is 0 Å². The monoisotopic (exact) mass is 728 g/mol. The first kappa shape index (κ1) is 36.0. The highest BCUT2D eigenvalue weighted by molar-refractivity contribution is 6.33. The van der Waals surface area contributed by atoms with Crippen LogP contribution < -0.4 is 24.3 Å². The Morgan fingerprint density at radius 1 is 0.608 bits per heavy atom. The fourth-order valence-corrected chi connectivity index (χ4v) is 9.47. The van der Waals surface area contributed by atoms with Crippen molar-refractivity contribution in [2.75, 3.05) is 61.7 Å². The summed E-state index contributed by atoms with van der Waals surface area (Å²) >= 11 is 13.5. The molecule has 2 unspecified atom stereocenters. The van der Waals surface area contributed by atoms with Gasteiger partial charge in [0.2, 0.25) is 0 Å². The molecule has 4 aromatic carbocycles. The maximum Gasteiger partial charge on any atom is 0.179 e. The molecular formula is C43H50Cl2N2O4. The molecule has 0 saturated carbocycles. The summed E-state index contributed by atoms with van der Waals surface area (Å²) in [6.07, 6.45) is 9.20. The van der Waals surface area contributed by atoms with E-state index < -0.39 is 0 Å². The van der Waals surface area contributed by atoms with Crippen molar-refractivity contribution in [1.82, 2.24) is 10.2 Å². The summed E-state index contributed by atoms with van der Waals surface area (Å²) in [5, 5.41) is 4.96. The number of halogens is 2. The molecule has 2 aliphatic heterocycles. The number of methoxy groups -OCH3 is 4. The van der Waals surface area contributed by atoms with Gasteiger partial charge in [-0.15, -0.1) is 0 Å². The zero-order chi connectivity index (χ0) is 35.6. The highest BCUT2D eigenvalue weighted by Gasteiger charge is 2.30. The average Bonchev–Trinajstić information content (AvgIpc) is 3.73. The first-order chi connectivity index (χ1) is 24.8. The van der Waals surface area contributed by atoms with E-state index in [4.69, 9.17) is 42.1 Å². The number of rotatable bonds is 6. The van der Waals surface area contributed by atoms with E-state index in [9.17, 15) is 0 Å². The van der Waals surface area contributed by atoms with Crippen molar-refractivity contribution in [3.63, 3.8) is 0 Å². The largest absolute Gasteiger partial charge is 0.493 e. The minimum atomic E-state index is 0.278. The van der Waals surface area contributed by atoms with Gasteiger partial charge in [-0.1, -0.05) is 59.6 Å². The second-order valence-corrected chi connectivity index (χ2v) is 15.1. The van der Waals surface area contributed by atoms with Crippen LogP contribution in [0.25, 0.3) is 0 Å². The Bertz CT molecular complexity index is 1910. The quantitative estimate of drug-likeness (QED) is 0.215. The van der Waals surface area contributed by atoms with Gasteiger partial charge in [-0.2, -0.15) is 0 Å². The van der Waals surface area contributed by atoms with Crippen molar-refractivity contribution in [1.29, 1.82) is 0 Å². The van der Waals surface area contributed by atoms with Crippen LogP contribution in [0.15, 0.2) is 48.5 Å². The molecule has 270 valence electrons. The third kappa shape index (κ3) is 7.05. The van der Waals surface area contributed by atoms with Crippen LogP contribution in [-0.2, 0) is 38.5 Å². The van der Waals surface area contributed by atoms with Gasteiger partial charge in [0.25, 0.3) is 0 Å². The highest BCUT2D eigenvalue weighted by Crippen LogP contribution is 2.46. The summed E-state index contributed by atoms with van der Waals surface area (Å²) in [5.74, 6) is 3.27. The smallest absolute Gasteiger partial charge is 0.179 e. The van der Waals surface area contributed by atoms with Crippen LogP contribution in [0.4, 0.5) is 0 Å². The molecule has 4 aliphatic rings. The molecule has 0 amide bonds.